The van der Waals surface area contributed by atoms with Gasteiger partial charge < -0.3 is 11.1 Å². The van der Waals surface area contributed by atoms with E-state index < -0.39 is 0 Å². The minimum absolute atomic E-state index is 0.0751. The Labute approximate surface area is 195 Å². The number of anilines is 2. The van der Waals surface area contributed by atoms with Gasteiger partial charge in [-0.05, 0) is 47.7 Å². The first-order valence-electron chi connectivity index (χ1n) is 11.3. The smallest absolute Gasteiger partial charge is 0.224 e. The molecule has 0 aromatic heterocycles. The molecule has 3 aromatic rings. The van der Waals surface area contributed by atoms with E-state index in [0.717, 1.165) is 16.7 Å². The number of nitrogens with two attached hydrogens (primary N) is 1. The zero-order chi connectivity index (χ0) is 23.5. The van der Waals surface area contributed by atoms with Gasteiger partial charge in [0.05, 0.1) is 0 Å². The van der Waals surface area contributed by atoms with Crippen molar-refractivity contribution < 1.29 is 14.4 Å². The van der Waals surface area contributed by atoms with Crippen LogP contribution in [0.1, 0.15) is 42.4 Å². The molecular formula is C28H30N2O3. The first-order valence-corrected chi connectivity index (χ1v) is 11.3. The molecular weight excluding hydrogens is 412 g/mol. The van der Waals surface area contributed by atoms with Crippen LogP contribution in [0.4, 0.5) is 11.4 Å². The summed E-state index contributed by atoms with van der Waals surface area (Å²) in [4.78, 5) is 36.6. The topological polar surface area (TPSA) is 89.3 Å². The number of carbonyl (C=O) groups excluding carboxylic acids is 3. The second-order valence-corrected chi connectivity index (χ2v) is 8.24. The van der Waals surface area contributed by atoms with Gasteiger partial charge in [0.25, 0.3) is 0 Å². The summed E-state index contributed by atoms with van der Waals surface area (Å²) in [5.41, 5.74) is 9.99. The molecule has 0 saturated heterocycles. The molecule has 3 N–H and O–H groups in total. The Morgan fingerprint density at radius 2 is 1.24 bits per heavy atom. The van der Waals surface area contributed by atoms with E-state index in [2.05, 4.69) is 5.32 Å². The number of para-hydroxylation sites is 1. The van der Waals surface area contributed by atoms with Crippen LogP contribution >= 0.6 is 0 Å². The van der Waals surface area contributed by atoms with Crippen molar-refractivity contribution in [3.8, 4) is 0 Å². The van der Waals surface area contributed by atoms with Crippen LogP contribution in [0.3, 0.4) is 0 Å². The molecule has 0 radical (unpaired) electrons. The number of nitrogen functional groups attached to an aromatic ring is 1. The van der Waals surface area contributed by atoms with E-state index >= 15 is 0 Å². The van der Waals surface area contributed by atoms with Gasteiger partial charge in [-0.25, -0.2) is 0 Å². The van der Waals surface area contributed by atoms with Crippen LogP contribution < -0.4 is 11.1 Å². The van der Waals surface area contributed by atoms with Gasteiger partial charge in [-0.1, -0.05) is 60.7 Å². The van der Waals surface area contributed by atoms with Crippen LogP contribution in [0.15, 0.2) is 78.9 Å². The Bertz CT molecular complexity index is 1080. The van der Waals surface area contributed by atoms with E-state index in [9.17, 15) is 14.4 Å². The lowest BCUT2D eigenvalue weighted by Gasteiger charge is -2.08. The highest BCUT2D eigenvalue weighted by atomic mass is 16.1. The van der Waals surface area contributed by atoms with Crippen molar-refractivity contribution in [1.82, 2.24) is 0 Å². The van der Waals surface area contributed by atoms with E-state index in [1.165, 1.54) is 0 Å². The lowest BCUT2D eigenvalue weighted by atomic mass is 10.0. The van der Waals surface area contributed by atoms with Gasteiger partial charge in [-0.3, -0.25) is 14.4 Å². The number of amides is 1. The number of benzene rings is 3. The quantitative estimate of drug-likeness (QED) is 0.307. The van der Waals surface area contributed by atoms with Crippen LogP contribution in [0.25, 0.3) is 0 Å². The van der Waals surface area contributed by atoms with Crippen molar-refractivity contribution in [3.63, 3.8) is 0 Å². The summed E-state index contributed by atoms with van der Waals surface area (Å²) in [6.07, 6.45) is 3.30. The van der Waals surface area contributed by atoms with Gasteiger partial charge in [0, 0.05) is 43.5 Å². The van der Waals surface area contributed by atoms with Gasteiger partial charge in [-0.15, -0.1) is 0 Å². The summed E-state index contributed by atoms with van der Waals surface area (Å²) in [7, 11) is 0. The average Bonchev–Trinajstić information content (AvgIpc) is 2.80. The molecule has 3 aromatic carbocycles. The second kappa shape index (κ2) is 12.3. The number of nitrogens with one attached hydrogen (secondary N) is 1. The zero-order valence-electron chi connectivity index (χ0n) is 18.8. The summed E-state index contributed by atoms with van der Waals surface area (Å²) < 4.78 is 0. The van der Waals surface area contributed by atoms with Crippen LogP contribution in [0.2, 0.25) is 0 Å². The van der Waals surface area contributed by atoms with Crippen molar-refractivity contribution in [2.24, 2.45) is 0 Å². The monoisotopic (exact) mass is 442 g/mol. The van der Waals surface area contributed by atoms with Gasteiger partial charge in [0.15, 0.2) is 0 Å². The Morgan fingerprint density at radius 3 is 1.97 bits per heavy atom. The maximum atomic E-state index is 12.3. The number of hydrogen-bond acceptors (Lipinski definition) is 4. The molecule has 0 saturated carbocycles. The lowest BCUT2D eigenvalue weighted by molar-refractivity contribution is -0.119. The number of ketones is 2. The molecule has 0 fully saturated rings. The summed E-state index contributed by atoms with van der Waals surface area (Å²) in [5.74, 6) is 0.210. The fourth-order valence-corrected chi connectivity index (χ4v) is 3.65. The normalized spacial score (nSPS) is 10.5. The van der Waals surface area contributed by atoms with E-state index in [4.69, 9.17) is 5.73 Å². The fraction of sp³-hybridized carbons (Fsp3) is 0.250. The molecule has 0 bridgehead atoms. The minimum Gasteiger partial charge on any atom is -0.398 e. The third-order valence-electron chi connectivity index (χ3n) is 5.44. The maximum Gasteiger partial charge on any atom is 0.224 e. The third-order valence-corrected chi connectivity index (χ3v) is 5.44. The predicted molar refractivity (Wildman–Crippen MR) is 132 cm³/mol. The maximum absolute atomic E-state index is 12.3. The first kappa shape index (κ1) is 23.9. The van der Waals surface area contributed by atoms with Gasteiger partial charge >= 0.3 is 0 Å². The van der Waals surface area contributed by atoms with Crippen molar-refractivity contribution in [1.29, 1.82) is 0 Å². The highest BCUT2D eigenvalue weighted by Gasteiger charge is 2.09. The lowest BCUT2D eigenvalue weighted by Crippen LogP contribution is -2.12. The van der Waals surface area contributed by atoms with E-state index in [0.29, 0.717) is 56.3 Å². The van der Waals surface area contributed by atoms with Gasteiger partial charge in [0.2, 0.25) is 5.91 Å². The average molecular weight is 443 g/mol. The number of rotatable bonds is 12. The van der Waals surface area contributed by atoms with Crippen molar-refractivity contribution in [2.75, 3.05) is 11.1 Å². The predicted octanol–water partition coefficient (Wildman–Crippen LogP) is 4.93. The van der Waals surface area contributed by atoms with Crippen LogP contribution in [0, 0.1) is 0 Å². The van der Waals surface area contributed by atoms with E-state index in [-0.39, 0.29) is 17.5 Å². The Kier molecular flexibility index (Phi) is 8.95. The molecule has 3 rings (SSSR count). The molecule has 0 heterocycles. The SMILES string of the molecule is Nc1ccccc1CC(=O)Cc1ccc(NC(=O)CCCCC(=O)Cc2ccccc2)cc1. The molecule has 33 heavy (non-hydrogen) atoms. The molecule has 170 valence electrons. The molecule has 0 unspecified atom stereocenters. The third kappa shape index (κ3) is 8.37. The fourth-order valence-electron chi connectivity index (χ4n) is 3.65. The van der Waals surface area contributed by atoms with Crippen LogP contribution in [0.5, 0.6) is 0 Å². The van der Waals surface area contributed by atoms with Gasteiger partial charge in [0.1, 0.15) is 11.6 Å². The Morgan fingerprint density at radius 1 is 0.636 bits per heavy atom. The molecule has 0 atom stereocenters. The van der Waals surface area contributed by atoms with E-state index in [1.807, 2.05) is 60.7 Å². The molecule has 0 aliphatic rings. The van der Waals surface area contributed by atoms with Crippen molar-refractivity contribution in [2.45, 2.75) is 44.9 Å². The zero-order valence-corrected chi connectivity index (χ0v) is 18.8. The molecule has 0 aliphatic carbocycles. The van der Waals surface area contributed by atoms with Crippen molar-refractivity contribution >= 4 is 28.8 Å². The standard InChI is InChI=1S/C28H30N2O3/c29-27-12-6-4-10-23(27)20-26(32)19-22-14-16-24(17-15-22)30-28(33)13-7-5-11-25(31)18-21-8-2-1-3-9-21/h1-4,6,8-10,12,14-17H,5,7,11,13,18-20,29H2,(H,30,33). The highest BCUT2D eigenvalue weighted by Crippen LogP contribution is 2.15. The van der Waals surface area contributed by atoms with Gasteiger partial charge in [-0.2, -0.15) is 0 Å². The molecule has 1 amide bonds. The summed E-state index contributed by atoms with van der Waals surface area (Å²) >= 11 is 0. The summed E-state index contributed by atoms with van der Waals surface area (Å²) in [5, 5.41) is 2.87. The number of Topliss-reactive ketones (excluding diaryl/α,β-unsaturated/α-hetero) is 2. The first-order chi connectivity index (χ1) is 16.0. The summed E-state index contributed by atoms with van der Waals surface area (Å²) in [6, 6.07) is 24.4. The Hall–Kier alpha value is -3.73. The molecule has 0 aliphatic heterocycles. The largest absolute Gasteiger partial charge is 0.398 e. The van der Waals surface area contributed by atoms with Crippen LogP contribution in [-0.2, 0) is 33.6 Å². The highest BCUT2D eigenvalue weighted by molar-refractivity contribution is 5.91. The number of carbonyl (C=O) groups is 3. The molecule has 0 spiro atoms. The number of unbranched alkanes of at least 4 members (excludes halogenated alkanes) is 1. The van der Waals surface area contributed by atoms with Crippen LogP contribution in [-0.4, -0.2) is 17.5 Å². The van der Waals surface area contributed by atoms with E-state index in [1.54, 1.807) is 18.2 Å². The minimum atomic E-state index is -0.0751. The molecule has 5 heteroatoms. The van der Waals surface area contributed by atoms with Crippen molar-refractivity contribution in [3.05, 3.63) is 95.6 Å². The summed E-state index contributed by atoms with van der Waals surface area (Å²) in [6.45, 7) is 0. The molecule has 5 nitrogen and oxygen atoms in total. The Balaban J connectivity index is 1.35. The number of hydrogen-bond donors (Lipinski definition) is 2. The second-order valence-electron chi connectivity index (χ2n) is 8.24.